The Hall–Kier alpha value is -2.21. The summed E-state index contributed by atoms with van der Waals surface area (Å²) in [7, 11) is 0. The zero-order valence-corrected chi connectivity index (χ0v) is 13.7. The molecular formula is C17H23FN4O. The molecule has 2 rings (SSSR count). The van der Waals surface area contributed by atoms with E-state index in [1.54, 1.807) is 16.8 Å². The standard InChI is InChI=1S/C17H23FN4O/c1-17(2,3)15(19)16(23)20-10-8-13-9-11-22(21-13)14-6-4-12(18)5-7-14/h4-7,9,11,15H,8,10,19H2,1-3H3,(H,20,23)/t15-/m1/s1. The molecule has 0 aliphatic rings. The minimum Gasteiger partial charge on any atom is -0.354 e. The van der Waals surface area contributed by atoms with Gasteiger partial charge in [0, 0.05) is 19.2 Å². The summed E-state index contributed by atoms with van der Waals surface area (Å²) in [6.45, 7) is 6.27. The highest BCUT2D eigenvalue weighted by Gasteiger charge is 2.26. The monoisotopic (exact) mass is 318 g/mol. The van der Waals surface area contributed by atoms with Crippen LogP contribution in [0.25, 0.3) is 5.69 Å². The molecule has 0 spiro atoms. The molecule has 3 N–H and O–H groups in total. The number of carbonyl (C=O) groups excluding carboxylic acids is 1. The topological polar surface area (TPSA) is 72.9 Å². The maximum Gasteiger partial charge on any atom is 0.237 e. The molecule has 0 saturated carbocycles. The number of hydrogen-bond acceptors (Lipinski definition) is 3. The zero-order chi connectivity index (χ0) is 17.0. The van der Waals surface area contributed by atoms with Crippen molar-refractivity contribution in [1.29, 1.82) is 0 Å². The Bertz CT molecular complexity index is 658. The first-order valence-corrected chi connectivity index (χ1v) is 7.61. The number of aromatic nitrogens is 2. The number of hydrogen-bond donors (Lipinski definition) is 2. The molecule has 1 heterocycles. The second-order valence-electron chi connectivity index (χ2n) is 6.61. The SMILES string of the molecule is CC(C)(C)[C@H](N)C(=O)NCCc1ccn(-c2ccc(F)cc2)n1. The molecule has 1 atom stereocenters. The molecule has 0 bridgehead atoms. The van der Waals surface area contributed by atoms with E-state index in [2.05, 4.69) is 10.4 Å². The predicted octanol–water partition coefficient (Wildman–Crippen LogP) is 2.04. The Morgan fingerprint density at radius 2 is 1.96 bits per heavy atom. The van der Waals surface area contributed by atoms with Crippen LogP contribution in [0, 0.1) is 11.2 Å². The van der Waals surface area contributed by atoms with Crippen molar-refractivity contribution in [2.45, 2.75) is 33.2 Å². The van der Waals surface area contributed by atoms with E-state index < -0.39 is 6.04 Å². The van der Waals surface area contributed by atoms with E-state index in [0.717, 1.165) is 11.4 Å². The first-order chi connectivity index (χ1) is 10.8. The van der Waals surface area contributed by atoms with Crippen molar-refractivity contribution in [1.82, 2.24) is 15.1 Å². The summed E-state index contributed by atoms with van der Waals surface area (Å²) < 4.78 is 14.6. The normalized spacial score (nSPS) is 12.9. The highest BCUT2D eigenvalue weighted by Crippen LogP contribution is 2.17. The van der Waals surface area contributed by atoms with E-state index in [1.807, 2.05) is 33.0 Å². The molecule has 6 heteroatoms. The molecule has 124 valence electrons. The van der Waals surface area contributed by atoms with Gasteiger partial charge >= 0.3 is 0 Å². The number of benzene rings is 1. The predicted molar refractivity (Wildman–Crippen MR) is 87.7 cm³/mol. The van der Waals surface area contributed by atoms with Crippen molar-refractivity contribution < 1.29 is 9.18 Å². The summed E-state index contributed by atoms with van der Waals surface area (Å²) in [4.78, 5) is 11.9. The number of nitrogens with two attached hydrogens (primary N) is 1. The number of halogens is 1. The van der Waals surface area contributed by atoms with Crippen LogP contribution < -0.4 is 11.1 Å². The summed E-state index contributed by atoms with van der Waals surface area (Å²) >= 11 is 0. The van der Waals surface area contributed by atoms with Gasteiger partial charge in [-0.1, -0.05) is 20.8 Å². The van der Waals surface area contributed by atoms with Gasteiger partial charge in [0.2, 0.25) is 5.91 Å². The lowest BCUT2D eigenvalue weighted by Gasteiger charge is -2.25. The minimum absolute atomic E-state index is 0.157. The fourth-order valence-electron chi connectivity index (χ4n) is 2.05. The molecule has 1 aromatic carbocycles. The summed E-state index contributed by atoms with van der Waals surface area (Å²) in [6.07, 6.45) is 2.42. The largest absolute Gasteiger partial charge is 0.354 e. The maximum absolute atomic E-state index is 12.9. The van der Waals surface area contributed by atoms with Crippen LogP contribution in [0.4, 0.5) is 4.39 Å². The molecule has 5 nitrogen and oxygen atoms in total. The van der Waals surface area contributed by atoms with Crippen molar-refractivity contribution in [3.8, 4) is 5.69 Å². The van der Waals surface area contributed by atoms with Gasteiger partial charge in [0.15, 0.2) is 0 Å². The van der Waals surface area contributed by atoms with Gasteiger partial charge in [0.1, 0.15) is 5.82 Å². The third kappa shape index (κ3) is 4.63. The van der Waals surface area contributed by atoms with Gasteiger partial charge in [-0.05, 0) is 35.7 Å². The van der Waals surface area contributed by atoms with Gasteiger partial charge in [-0.2, -0.15) is 5.10 Å². The molecule has 1 amide bonds. The molecule has 0 unspecified atom stereocenters. The highest BCUT2D eigenvalue weighted by atomic mass is 19.1. The van der Waals surface area contributed by atoms with Crippen LogP contribution in [-0.4, -0.2) is 28.3 Å². The molecule has 2 aromatic rings. The molecule has 0 aliphatic carbocycles. The number of nitrogens with one attached hydrogen (secondary N) is 1. The van der Waals surface area contributed by atoms with Crippen LogP contribution >= 0.6 is 0 Å². The van der Waals surface area contributed by atoms with Gasteiger partial charge in [-0.3, -0.25) is 4.79 Å². The Balaban J connectivity index is 1.88. The van der Waals surface area contributed by atoms with Crippen molar-refractivity contribution in [2.24, 2.45) is 11.1 Å². The van der Waals surface area contributed by atoms with Crippen LogP contribution in [0.5, 0.6) is 0 Å². The Morgan fingerprint density at radius 3 is 2.57 bits per heavy atom. The molecule has 0 radical (unpaired) electrons. The fraction of sp³-hybridized carbons (Fsp3) is 0.412. The van der Waals surface area contributed by atoms with Gasteiger partial charge in [0.05, 0.1) is 17.4 Å². The zero-order valence-electron chi connectivity index (χ0n) is 13.7. The van der Waals surface area contributed by atoms with Gasteiger partial charge in [-0.25, -0.2) is 9.07 Å². The van der Waals surface area contributed by atoms with Crippen LogP contribution in [0.15, 0.2) is 36.5 Å². The van der Waals surface area contributed by atoms with E-state index >= 15 is 0 Å². The van der Waals surface area contributed by atoms with E-state index in [9.17, 15) is 9.18 Å². The first kappa shape index (κ1) is 17.1. The molecule has 0 saturated heterocycles. The molecule has 0 aliphatic heterocycles. The average molecular weight is 318 g/mol. The second-order valence-corrected chi connectivity index (χ2v) is 6.61. The second kappa shape index (κ2) is 6.91. The highest BCUT2D eigenvalue weighted by molar-refractivity contribution is 5.82. The van der Waals surface area contributed by atoms with Crippen molar-refractivity contribution >= 4 is 5.91 Å². The van der Waals surface area contributed by atoms with E-state index in [4.69, 9.17) is 5.73 Å². The third-order valence-corrected chi connectivity index (χ3v) is 3.63. The quantitative estimate of drug-likeness (QED) is 0.886. The lowest BCUT2D eigenvalue weighted by Crippen LogP contribution is -2.49. The number of amides is 1. The van der Waals surface area contributed by atoms with Gasteiger partial charge < -0.3 is 11.1 Å². The third-order valence-electron chi connectivity index (χ3n) is 3.63. The van der Waals surface area contributed by atoms with E-state index in [0.29, 0.717) is 13.0 Å². The van der Waals surface area contributed by atoms with Crippen molar-refractivity contribution in [2.75, 3.05) is 6.54 Å². The van der Waals surface area contributed by atoms with Gasteiger partial charge in [0.25, 0.3) is 0 Å². The Kier molecular flexibility index (Phi) is 5.15. The van der Waals surface area contributed by atoms with E-state index in [1.165, 1.54) is 12.1 Å². The average Bonchev–Trinajstić information content (AvgIpc) is 2.95. The summed E-state index contributed by atoms with van der Waals surface area (Å²) in [5, 5.41) is 7.24. The van der Waals surface area contributed by atoms with Crippen LogP contribution in [0.1, 0.15) is 26.5 Å². The van der Waals surface area contributed by atoms with Crippen LogP contribution in [-0.2, 0) is 11.2 Å². The fourth-order valence-corrected chi connectivity index (χ4v) is 2.05. The van der Waals surface area contributed by atoms with Crippen LogP contribution in [0.3, 0.4) is 0 Å². The smallest absolute Gasteiger partial charge is 0.237 e. The molecule has 23 heavy (non-hydrogen) atoms. The van der Waals surface area contributed by atoms with Crippen molar-refractivity contribution in [3.05, 3.63) is 48.0 Å². The maximum atomic E-state index is 12.9. The summed E-state index contributed by atoms with van der Waals surface area (Å²) in [5.74, 6) is -0.436. The van der Waals surface area contributed by atoms with Gasteiger partial charge in [-0.15, -0.1) is 0 Å². The van der Waals surface area contributed by atoms with Crippen molar-refractivity contribution in [3.63, 3.8) is 0 Å². The lowest BCUT2D eigenvalue weighted by molar-refractivity contribution is -0.124. The minimum atomic E-state index is -0.542. The van der Waals surface area contributed by atoms with E-state index in [-0.39, 0.29) is 17.1 Å². The number of rotatable bonds is 5. The molecule has 0 fully saturated rings. The summed E-state index contributed by atoms with van der Waals surface area (Å²) in [5.41, 5.74) is 7.27. The molecule has 1 aromatic heterocycles. The number of carbonyl (C=O) groups is 1. The first-order valence-electron chi connectivity index (χ1n) is 7.61. The summed E-state index contributed by atoms with van der Waals surface area (Å²) in [6, 6.07) is 7.45. The number of nitrogens with zero attached hydrogens (tertiary/aromatic N) is 2. The lowest BCUT2D eigenvalue weighted by atomic mass is 9.87. The van der Waals surface area contributed by atoms with Crippen LogP contribution in [0.2, 0.25) is 0 Å². The Morgan fingerprint density at radius 1 is 1.30 bits per heavy atom. The molecular weight excluding hydrogens is 295 g/mol. The Labute approximate surface area is 135 Å².